The van der Waals surface area contributed by atoms with E-state index in [1.165, 1.54) is 0 Å². The monoisotopic (exact) mass is 497 g/mol. The standard InChI is InChI=1S/C29H21Cl2N3O/c1-19-8-5-6-13-26(19)34-27(22-16-14-21(15-17-22)20-9-3-2-4-10-20)18-25(33-34)29(35)32-24-12-7-11-23(30)28(24)31/h2-18H,1H3,(H,32,35). The molecule has 4 aromatic carbocycles. The van der Waals surface area contributed by atoms with E-state index in [9.17, 15) is 4.79 Å². The number of aryl methyl sites for hydroxylation is 1. The van der Waals surface area contributed by atoms with Crippen LogP contribution in [0.1, 0.15) is 16.1 Å². The molecule has 0 unspecified atom stereocenters. The van der Waals surface area contributed by atoms with Crippen LogP contribution in [-0.4, -0.2) is 15.7 Å². The van der Waals surface area contributed by atoms with Crippen molar-refractivity contribution in [2.45, 2.75) is 6.92 Å². The van der Waals surface area contributed by atoms with Crippen molar-refractivity contribution in [1.82, 2.24) is 9.78 Å². The van der Waals surface area contributed by atoms with Crippen molar-refractivity contribution in [3.05, 3.63) is 124 Å². The highest BCUT2D eigenvalue weighted by molar-refractivity contribution is 6.44. The summed E-state index contributed by atoms with van der Waals surface area (Å²) < 4.78 is 1.81. The Balaban J connectivity index is 1.55. The molecule has 0 atom stereocenters. The highest BCUT2D eigenvalue weighted by Crippen LogP contribution is 2.31. The van der Waals surface area contributed by atoms with Crippen LogP contribution in [0.5, 0.6) is 0 Å². The molecule has 5 rings (SSSR count). The predicted octanol–water partition coefficient (Wildman–Crippen LogP) is 8.07. The number of halogens is 2. The SMILES string of the molecule is Cc1ccccc1-n1nc(C(=O)Nc2cccc(Cl)c2Cl)cc1-c1ccc(-c2ccccc2)cc1. The second-order valence-corrected chi connectivity index (χ2v) is 8.90. The van der Waals surface area contributed by atoms with Gasteiger partial charge in [-0.2, -0.15) is 5.10 Å². The van der Waals surface area contributed by atoms with Crippen LogP contribution in [0.3, 0.4) is 0 Å². The fourth-order valence-electron chi connectivity index (χ4n) is 3.93. The number of carbonyl (C=O) groups excluding carboxylic acids is 1. The molecular formula is C29H21Cl2N3O. The smallest absolute Gasteiger partial charge is 0.276 e. The Morgan fingerprint density at radius 3 is 2.17 bits per heavy atom. The lowest BCUT2D eigenvalue weighted by atomic mass is 10.0. The van der Waals surface area contributed by atoms with Crippen LogP contribution in [0.15, 0.2) is 103 Å². The van der Waals surface area contributed by atoms with Crippen LogP contribution in [0, 0.1) is 6.92 Å². The van der Waals surface area contributed by atoms with Crippen molar-refractivity contribution < 1.29 is 4.79 Å². The summed E-state index contributed by atoms with van der Waals surface area (Å²) in [6.07, 6.45) is 0. The number of benzene rings is 4. The van der Waals surface area contributed by atoms with Crippen molar-refractivity contribution in [2.75, 3.05) is 5.32 Å². The average molecular weight is 498 g/mol. The number of hydrogen-bond donors (Lipinski definition) is 1. The van der Waals surface area contributed by atoms with Gasteiger partial charge in [-0.25, -0.2) is 4.68 Å². The zero-order chi connectivity index (χ0) is 24.4. The maximum absolute atomic E-state index is 13.1. The average Bonchev–Trinajstić information content (AvgIpc) is 3.33. The van der Waals surface area contributed by atoms with Crippen molar-refractivity contribution in [2.24, 2.45) is 0 Å². The fraction of sp³-hybridized carbons (Fsp3) is 0.0345. The van der Waals surface area contributed by atoms with Crippen LogP contribution in [-0.2, 0) is 0 Å². The summed E-state index contributed by atoms with van der Waals surface area (Å²) >= 11 is 12.4. The first-order chi connectivity index (χ1) is 17.0. The van der Waals surface area contributed by atoms with E-state index in [2.05, 4.69) is 34.7 Å². The maximum Gasteiger partial charge on any atom is 0.276 e. The normalized spacial score (nSPS) is 10.8. The van der Waals surface area contributed by atoms with E-state index in [1.807, 2.05) is 61.5 Å². The van der Waals surface area contributed by atoms with Crippen molar-refractivity contribution >= 4 is 34.8 Å². The molecule has 35 heavy (non-hydrogen) atoms. The van der Waals surface area contributed by atoms with E-state index in [-0.39, 0.29) is 16.6 Å². The number of rotatable bonds is 5. The molecule has 0 saturated heterocycles. The van der Waals surface area contributed by atoms with Crippen LogP contribution in [0.25, 0.3) is 28.1 Å². The molecule has 4 nitrogen and oxygen atoms in total. The van der Waals surface area contributed by atoms with Crippen LogP contribution >= 0.6 is 23.2 Å². The third-order valence-corrected chi connectivity index (χ3v) is 6.59. The minimum atomic E-state index is -0.372. The summed E-state index contributed by atoms with van der Waals surface area (Å²) in [5.74, 6) is -0.372. The van der Waals surface area contributed by atoms with E-state index in [0.717, 1.165) is 33.6 Å². The van der Waals surface area contributed by atoms with Gasteiger partial charge in [-0.3, -0.25) is 4.79 Å². The molecule has 5 aromatic rings. The highest BCUT2D eigenvalue weighted by atomic mass is 35.5. The highest BCUT2D eigenvalue weighted by Gasteiger charge is 2.19. The number of amides is 1. The first-order valence-electron chi connectivity index (χ1n) is 11.1. The maximum atomic E-state index is 13.1. The Hall–Kier alpha value is -3.86. The van der Waals surface area contributed by atoms with Gasteiger partial charge in [-0.1, -0.05) is 102 Å². The van der Waals surface area contributed by atoms with Crippen molar-refractivity contribution in [3.63, 3.8) is 0 Å². The van der Waals surface area contributed by atoms with Crippen LogP contribution in [0.4, 0.5) is 5.69 Å². The largest absolute Gasteiger partial charge is 0.319 e. The van der Waals surface area contributed by atoms with E-state index < -0.39 is 0 Å². The number of aromatic nitrogens is 2. The summed E-state index contributed by atoms with van der Waals surface area (Å²) in [7, 11) is 0. The topological polar surface area (TPSA) is 46.9 Å². The van der Waals surface area contributed by atoms with Gasteiger partial charge in [-0.05, 0) is 47.9 Å². The lowest BCUT2D eigenvalue weighted by Gasteiger charge is -2.11. The van der Waals surface area contributed by atoms with Crippen LogP contribution in [0.2, 0.25) is 10.0 Å². The molecule has 1 N–H and O–H groups in total. The van der Waals surface area contributed by atoms with Gasteiger partial charge in [0.25, 0.3) is 5.91 Å². The Kier molecular flexibility index (Phi) is 6.41. The molecule has 1 heterocycles. The lowest BCUT2D eigenvalue weighted by molar-refractivity contribution is 0.102. The van der Waals surface area contributed by atoms with Gasteiger partial charge in [0, 0.05) is 5.56 Å². The third kappa shape index (κ3) is 4.72. The summed E-state index contributed by atoms with van der Waals surface area (Å²) in [6.45, 7) is 2.02. The lowest BCUT2D eigenvalue weighted by Crippen LogP contribution is -2.13. The van der Waals surface area contributed by atoms with Gasteiger partial charge in [-0.15, -0.1) is 0 Å². The van der Waals surface area contributed by atoms with Gasteiger partial charge < -0.3 is 5.32 Å². The Bertz CT molecular complexity index is 1510. The Morgan fingerprint density at radius 1 is 0.771 bits per heavy atom. The predicted molar refractivity (Wildman–Crippen MR) is 144 cm³/mol. The molecule has 0 aliphatic heterocycles. The first kappa shape index (κ1) is 22.9. The number of nitrogens with one attached hydrogen (secondary N) is 1. The third-order valence-electron chi connectivity index (χ3n) is 5.77. The number of carbonyl (C=O) groups is 1. The van der Waals surface area contributed by atoms with Gasteiger partial charge in [0.05, 0.1) is 27.1 Å². The van der Waals surface area contributed by atoms with E-state index in [0.29, 0.717) is 10.7 Å². The molecule has 0 radical (unpaired) electrons. The molecule has 0 aliphatic carbocycles. The second-order valence-electron chi connectivity index (χ2n) is 8.11. The summed E-state index contributed by atoms with van der Waals surface area (Å²) in [6, 6.07) is 33.3. The molecular weight excluding hydrogens is 477 g/mol. The molecule has 0 bridgehead atoms. The zero-order valence-corrected chi connectivity index (χ0v) is 20.4. The first-order valence-corrected chi connectivity index (χ1v) is 11.8. The Morgan fingerprint density at radius 2 is 1.43 bits per heavy atom. The molecule has 1 aromatic heterocycles. The van der Waals surface area contributed by atoms with Gasteiger partial charge >= 0.3 is 0 Å². The van der Waals surface area contributed by atoms with Gasteiger partial charge in [0.15, 0.2) is 5.69 Å². The quantitative estimate of drug-likeness (QED) is 0.266. The van der Waals surface area contributed by atoms with Crippen LogP contribution < -0.4 is 5.32 Å². The summed E-state index contributed by atoms with van der Waals surface area (Å²) in [4.78, 5) is 13.1. The van der Waals surface area contributed by atoms with Crippen molar-refractivity contribution in [1.29, 1.82) is 0 Å². The number of para-hydroxylation sites is 1. The minimum Gasteiger partial charge on any atom is -0.319 e. The van der Waals surface area contributed by atoms with Crippen molar-refractivity contribution in [3.8, 4) is 28.1 Å². The van der Waals surface area contributed by atoms with E-state index in [1.54, 1.807) is 28.9 Å². The second kappa shape index (κ2) is 9.79. The molecule has 0 aliphatic rings. The molecule has 1 amide bonds. The van der Waals surface area contributed by atoms with Gasteiger partial charge in [0.2, 0.25) is 0 Å². The molecule has 0 spiro atoms. The number of anilines is 1. The number of hydrogen-bond acceptors (Lipinski definition) is 2. The molecule has 0 saturated carbocycles. The molecule has 6 heteroatoms. The zero-order valence-electron chi connectivity index (χ0n) is 18.9. The summed E-state index contributed by atoms with van der Waals surface area (Å²) in [5.41, 5.74) is 6.66. The number of nitrogens with zero attached hydrogens (tertiary/aromatic N) is 2. The van der Waals surface area contributed by atoms with Gasteiger partial charge in [0.1, 0.15) is 0 Å². The fourth-order valence-corrected chi connectivity index (χ4v) is 4.28. The molecule has 0 fully saturated rings. The minimum absolute atomic E-state index is 0.270. The summed E-state index contributed by atoms with van der Waals surface area (Å²) in [5, 5.41) is 8.16. The molecule has 172 valence electrons. The van der Waals surface area contributed by atoms with E-state index in [4.69, 9.17) is 23.2 Å². The van der Waals surface area contributed by atoms with E-state index >= 15 is 0 Å². The Labute approximate surface area is 213 Å².